The number of thiazole rings is 1. The molecule has 3 rings (SSSR count). The van der Waals surface area contributed by atoms with Crippen LogP contribution in [-0.4, -0.2) is 45.8 Å². The Morgan fingerprint density at radius 2 is 2.00 bits per heavy atom. The Hall–Kier alpha value is -2.39. The highest BCUT2D eigenvalue weighted by Gasteiger charge is 2.23. The number of anilines is 2. The molecule has 2 N–H and O–H groups in total. The van der Waals surface area contributed by atoms with E-state index in [9.17, 15) is 14.4 Å². The number of aromatic nitrogens is 1. The van der Waals surface area contributed by atoms with Gasteiger partial charge >= 0.3 is 0 Å². The fourth-order valence-corrected chi connectivity index (χ4v) is 3.90. The summed E-state index contributed by atoms with van der Waals surface area (Å²) in [5.41, 5.74) is 2.34. The topological polar surface area (TPSA) is 91.4 Å². The summed E-state index contributed by atoms with van der Waals surface area (Å²) in [7, 11) is 0. The van der Waals surface area contributed by atoms with Crippen LogP contribution in [0.5, 0.6) is 0 Å². The normalized spacial score (nSPS) is 13.8. The highest BCUT2D eigenvalue weighted by atomic mass is 32.2. The van der Waals surface area contributed by atoms with Crippen molar-refractivity contribution in [3.05, 3.63) is 29.6 Å². The number of thioether (sulfide) groups is 1. The third-order valence-corrected chi connectivity index (χ3v) is 5.11. The minimum Gasteiger partial charge on any atom is -0.326 e. The molecule has 0 bridgehead atoms. The number of nitrogens with one attached hydrogen (secondary N) is 2. The van der Waals surface area contributed by atoms with Crippen LogP contribution in [0.15, 0.2) is 29.6 Å². The molecule has 1 aromatic heterocycles. The van der Waals surface area contributed by atoms with Gasteiger partial charge in [0.1, 0.15) is 6.54 Å². The average Bonchev–Trinajstić information content (AvgIpc) is 3.17. The zero-order chi connectivity index (χ0) is 17.8. The number of nitrogens with zero attached hydrogens (tertiary/aromatic N) is 2. The molecule has 25 heavy (non-hydrogen) atoms. The molecule has 9 heteroatoms. The predicted molar refractivity (Wildman–Crippen MR) is 99.5 cm³/mol. The predicted octanol–water partition coefficient (Wildman–Crippen LogP) is 2.24. The van der Waals surface area contributed by atoms with Crippen LogP contribution in [0.2, 0.25) is 0 Å². The van der Waals surface area contributed by atoms with E-state index in [1.54, 1.807) is 12.1 Å². The first kappa shape index (κ1) is 17.4. The molecule has 0 saturated carbocycles. The molecule has 0 radical (unpaired) electrons. The average molecular weight is 376 g/mol. The molecule has 0 unspecified atom stereocenters. The van der Waals surface area contributed by atoms with Crippen LogP contribution in [0, 0.1) is 0 Å². The van der Waals surface area contributed by atoms with E-state index >= 15 is 0 Å². The maximum absolute atomic E-state index is 12.0. The molecule has 0 spiro atoms. The lowest BCUT2D eigenvalue weighted by atomic mass is 10.1. The van der Waals surface area contributed by atoms with Crippen LogP contribution in [0.25, 0.3) is 11.3 Å². The summed E-state index contributed by atoms with van der Waals surface area (Å²) in [5.74, 6) is 0.595. The van der Waals surface area contributed by atoms with Crippen molar-refractivity contribution in [3.63, 3.8) is 0 Å². The summed E-state index contributed by atoms with van der Waals surface area (Å²) < 4.78 is 0. The molecule has 2 aromatic rings. The Kier molecular flexibility index (Phi) is 5.34. The lowest BCUT2D eigenvalue weighted by Crippen LogP contribution is -2.34. The summed E-state index contributed by atoms with van der Waals surface area (Å²) in [4.78, 5) is 40.5. The van der Waals surface area contributed by atoms with Gasteiger partial charge in [0, 0.05) is 23.6 Å². The Morgan fingerprint density at radius 1 is 1.24 bits per heavy atom. The van der Waals surface area contributed by atoms with Crippen molar-refractivity contribution >= 4 is 51.6 Å². The molecule has 2 heterocycles. The van der Waals surface area contributed by atoms with Crippen molar-refractivity contribution in [1.82, 2.24) is 9.88 Å². The smallest absolute Gasteiger partial charge is 0.245 e. The molecular formula is C16H16N4O3S2. The first-order valence-corrected chi connectivity index (χ1v) is 9.53. The van der Waals surface area contributed by atoms with Crippen LogP contribution in [0.1, 0.15) is 6.92 Å². The molecule has 1 aromatic carbocycles. The Bertz CT molecular complexity index is 804. The van der Waals surface area contributed by atoms with E-state index in [-0.39, 0.29) is 24.3 Å². The van der Waals surface area contributed by atoms with Gasteiger partial charge in [0.05, 0.1) is 17.3 Å². The van der Waals surface area contributed by atoms with E-state index in [2.05, 4.69) is 15.6 Å². The maximum Gasteiger partial charge on any atom is 0.245 e. The number of hydrogen-bond donors (Lipinski definition) is 2. The maximum atomic E-state index is 12.0. The van der Waals surface area contributed by atoms with Crippen LogP contribution < -0.4 is 10.6 Å². The number of amides is 3. The van der Waals surface area contributed by atoms with Gasteiger partial charge < -0.3 is 15.5 Å². The monoisotopic (exact) mass is 376 g/mol. The minimum atomic E-state index is -0.252. The molecule has 0 aliphatic carbocycles. The van der Waals surface area contributed by atoms with Gasteiger partial charge in [-0.05, 0) is 12.1 Å². The standard InChI is InChI=1S/C16H16N4O3S2/c1-10(21)17-12-4-2-11(3-5-12)13-7-25-16(18-13)19-14(22)6-20-9-24-8-15(20)23/h2-5,7H,6,8-9H2,1H3,(H,17,21)(H,18,19,22). The van der Waals surface area contributed by atoms with Gasteiger partial charge in [-0.25, -0.2) is 4.98 Å². The Labute approximate surface area is 152 Å². The van der Waals surface area contributed by atoms with E-state index < -0.39 is 0 Å². The summed E-state index contributed by atoms with van der Waals surface area (Å²) in [5, 5.41) is 7.77. The van der Waals surface area contributed by atoms with Gasteiger partial charge in [0.2, 0.25) is 17.7 Å². The largest absolute Gasteiger partial charge is 0.326 e. The lowest BCUT2D eigenvalue weighted by molar-refractivity contribution is -0.130. The van der Waals surface area contributed by atoms with Gasteiger partial charge in [0.15, 0.2) is 5.13 Å². The minimum absolute atomic E-state index is 0.0146. The Balaban J connectivity index is 1.61. The number of carbonyl (C=O) groups excluding carboxylic acids is 3. The van der Waals surface area contributed by atoms with Gasteiger partial charge in [0.25, 0.3) is 0 Å². The van der Waals surface area contributed by atoms with E-state index in [0.29, 0.717) is 22.4 Å². The van der Waals surface area contributed by atoms with Gasteiger partial charge in [-0.15, -0.1) is 23.1 Å². The number of hydrogen-bond acceptors (Lipinski definition) is 6. The van der Waals surface area contributed by atoms with E-state index in [1.807, 2.05) is 17.5 Å². The van der Waals surface area contributed by atoms with Crippen LogP contribution in [0.3, 0.4) is 0 Å². The molecule has 7 nitrogen and oxygen atoms in total. The molecular weight excluding hydrogens is 360 g/mol. The first-order valence-electron chi connectivity index (χ1n) is 7.50. The van der Waals surface area contributed by atoms with Crippen molar-refractivity contribution in [2.24, 2.45) is 0 Å². The first-order chi connectivity index (χ1) is 12.0. The van der Waals surface area contributed by atoms with E-state index in [1.165, 1.54) is 34.9 Å². The summed E-state index contributed by atoms with van der Waals surface area (Å²) in [6.07, 6.45) is 0. The van der Waals surface area contributed by atoms with Gasteiger partial charge in [-0.3, -0.25) is 14.4 Å². The summed E-state index contributed by atoms with van der Waals surface area (Å²) in [6, 6.07) is 7.30. The molecule has 1 saturated heterocycles. The molecule has 1 aliphatic rings. The third kappa shape index (κ3) is 4.58. The van der Waals surface area contributed by atoms with Crippen molar-refractivity contribution in [2.45, 2.75) is 6.92 Å². The zero-order valence-electron chi connectivity index (χ0n) is 13.4. The lowest BCUT2D eigenvalue weighted by Gasteiger charge is -2.13. The third-order valence-electron chi connectivity index (χ3n) is 3.41. The van der Waals surface area contributed by atoms with Crippen LogP contribution in [0.4, 0.5) is 10.8 Å². The number of rotatable bonds is 5. The zero-order valence-corrected chi connectivity index (χ0v) is 15.1. The molecule has 3 amide bonds. The van der Waals surface area contributed by atoms with Crippen LogP contribution >= 0.6 is 23.1 Å². The van der Waals surface area contributed by atoms with Crippen molar-refractivity contribution in [2.75, 3.05) is 28.8 Å². The van der Waals surface area contributed by atoms with E-state index in [0.717, 1.165) is 11.3 Å². The molecule has 1 fully saturated rings. The quantitative estimate of drug-likeness (QED) is 0.835. The summed E-state index contributed by atoms with van der Waals surface area (Å²) in [6.45, 7) is 1.50. The number of carbonyl (C=O) groups is 3. The van der Waals surface area contributed by atoms with E-state index in [4.69, 9.17) is 0 Å². The summed E-state index contributed by atoms with van der Waals surface area (Å²) >= 11 is 2.83. The fourth-order valence-electron chi connectivity index (χ4n) is 2.26. The SMILES string of the molecule is CC(=O)Nc1ccc(-c2csc(NC(=O)CN3CSCC3=O)n2)cc1. The fraction of sp³-hybridized carbons (Fsp3) is 0.250. The second-order valence-corrected chi connectivity index (χ2v) is 7.23. The molecule has 130 valence electrons. The number of benzene rings is 1. The van der Waals surface area contributed by atoms with Crippen molar-refractivity contribution in [1.29, 1.82) is 0 Å². The Morgan fingerprint density at radius 3 is 2.64 bits per heavy atom. The van der Waals surface area contributed by atoms with Crippen molar-refractivity contribution < 1.29 is 14.4 Å². The second kappa shape index (κ2) is 7.66. The van der Waals surface area contributed by atoms with Gasteiger partial charge in [-0.2, -0.15) is 0 Å². The van der Waals surface area contributed by atoms with Crippen LogP contribution in [-0.2, 0) is 14.4 Å². The molecule has 1 aliphatic heterocycles. The van der Waals surface area contributed by atoms with Gasteiger partial charge in [-0.1, -0.05) is 12.1 Å². The van der Waals surface area contributed by atoms with Crippen molar-refractivity contribution in [3.8, 4) is 11.3 Å². The highest BCUT2D eigenvalue weighted by molar-refractivity contribution is 8.00. The molecule has 0 atom stereocenters. The second-order valence-electron chi connectivity index (χ2n) is 5.41. The highest BCUT2D eigenvalue weighted by Crippen LogP contribution is 2.26.